The van der Waals surface area contributed by atoms with Gasteiger partial charge in [-0.05, 0) is 24.3 Å². The molecule has 5 heteroatoms. The maximum Gasteiger partial charge on any atom is 0.0624 e. The molecule has 0 fully saturated rings. The lowest BCUT2D eigenvalue weighted by Gasteiger charge is -2.15. The van der Waals surface area contributed by atoms with Crippen molar-refractivity contribution in [1.29, 1.82) is 0 Å². The molecule has 0 heterocycles. The molecule has 3 N–H and O–H groups in total. The third-order valence-electron chi connectivity index (χ3n) is 2.10. The highest BCUT2D eigenvalue weighted by Gasteiger charge is 2.10. The molecule has 0 aliphatic rings. The largest absolute Gasteiger partial charge is 0.271 e. The maximum absolute atomic E-state index is 6.09. The van der Waals surface area contributed by atoms with Crippen LogP contribution in [0.3, 0.4) is 0 Å². The minimum absolute atomic E-state index is 0.218. The molecular formula is C10H14Cl2N2S. The molecule has 0 saturated carbocycles. The Hall–Kier alpha value is 0.0700. The van der Waals surface area contributed by atoms with E-state index in [-0.39, 0.29) is 6.04 Å². The number of halogens is 2. The van der Waals surface area contributed by atoms with Crippen LogP contribution in [0.1, 0.15) is 5.56 Å². The quantitative estimate of drug-likeness (QED) is 0.635. The lowest BCUT2D eigenvalue weighted by atomic mass is 10.1. The lowest BCUT2D eigenvalue weighted by molar-refractivity contribution is 0.576. The molecule has 0 saturated heterocycles. The van der Waals surface area contributed by atoms with Crippen molar-refractivity contribution in [1.82, 2.24) is 5.43 Å². The van der Waals surface area contributed by atoms with E-state index < -0.39 is 0 Å². The van der Waals surface area contributed by atoms with Gasteiger partial charge in [-0.3, -0.25) is 11.3 Å². The first-order chi connectivity index (χ1) is 7.19. The van der Waals surface area contributed by atoms with E-state index in [2.05, 4.69) is 5.43 Å². The van der Waals surface area contributed by atoms with Crippen molar-refractivity contribution in [2.75, 3.05) is 12.0 Å². The summed E-state index contributed by atoms with van der Waals surface area (Å²) in [6.45, 7) is 0. The topological polar surface area (TPSA) is 38.0 Å². The average molecular weight is 265 g/mol. The first-order valence-corrected chi connectivity index (χ1v) is 6.72. The number of nitrogens with two attached hydrogens (primary N) is 1. The fraction of sp³-hybridized carbons (Fsp3) is 0.400. The summed E-state index contributed by atoms with van der Waals surface area (Å²) in [5, 5.41) is 1.22. The van der Waals surface area contributed by atoms with Gasteiger partial charge in [0.05, 0.1) is 10.0 Å². The molecular weight excluding hydrogens is 251 g/mol. The van der Waals surface area contributed by atoms with Crippen molar-refractivity contribution >= 4 is 35.0 Å². The minimum atomic E-state index is 0.218. The van der Waals surface area contributed by atoms with Crippen LogP contribution in [-0.4, -0.2) is 18.1 Å². The number of hydrogen-bond donors (Lipinski definition) is 2. The normalized spacial score (nSPS) is 12.8. The van der Waals surface area contributed by atoms with Crippen molar-refractivity contribution in [2.45, 2.75) is 12.5 Å². The zero-order valence-corrected chi connectivity index (χ0v) is 10.8. The second kappa shape index (κ2) is 6.61. The lowest BCUT2D eigenvalue weighted by Crippen LogP contribution is -2.38. The van der Waals surface area contributed by atoms with Crippen LogP contribution in [0.25, 0.3) is 0 Å². The number of nitrogens with one attached hydrogen (secondary N) is 1. The van der Waals surface area contributed by atoms with Gasteiger partial charge in [0.15, 0.2) is 0 Å². The molecule has 0 radical (unpaired) electrons. The van der Waals surface area contributed by atoms with E-state index in [1.54, 1.807) is 17.8 Å². The zero-order chi connectivity index (χ0) is 11.3. The maximum atomic E-state index is 6.09. The molecule has 2 nitrogen and oxygen atoms in total. The second-order valence-corrected chi connectivity index (χ2v) is 4.93. The predicted octanol–water partition coefficient (Wildman–Crippen LogP) is 2.73. The van der Waals surface area contributed by atoms with Gasteiger partial charge in [-0.1, -0.05) is 35.3 Å². The van der Waals surface area contributed by atoms with Gasteiger partial charge >= 0.3 is 0 Å². The molecule has 1 aromatic rings. The summed E-state index contributed by atoms with van der Waals surface area (Å²) in [5.41, 5.74) is 3.80. The number of hydrogen-bond acceptors (Lipinski definition) is 3. The van der Waals surface area contributed by atoms with Crippen LogP contribution in [0.5, 0.6) is 0 Å². The summed E-state index contributed by atoms with van der Waals surface area (Å²) in [7, 11) is 0. The number of hydrazine groups is 1. The monoisotopic (exact) mass is 264 g/mol. The van der Waals surface area contributed by atoms with Crippen LogP contribution in [0.4, 0.5) is 0 Å². The average Bonchev–Trinajstić information content (AvgIpc) is 2.24. The zero-order valence-electron chi connectivity index (χ0n) is 8.47. The molecule has 1 aromatic carbocycles. The molecule has 0 amide bonds. The first-order valence-electron chi connectivity index (χ1n) is 4.57. The summed E-state index contributed by atoms with van der Waals surface area (Å²) in [4.78, 5) is 0. The predicted molar refractivity (Wildman–Crippen MR) is 69.7 cm³/mol. The van der Waals surface area contributed by atoms with Crippen molar-refractivity contribution < 1.29 is 0 Å². The van der Waals surface area contributed by atoms with Crippen LogP contribution in [0.15, 0.2) is 18.2 Å². The Bertz CT molecular complexity index is 320. The van der Waals surface area contributed by atoms with Crippen LogP contribution in [0, 0.1) is 0 Å². The van der Waals surface area contributed by atoms with Gasteiger partial charge < -0.3 is 0 Å². The summed E-state index contributed by atoms with van der Waals surface area (Å²) in [6, 6.07) is 5.87. The van der Waals surface area contributed by atoms with E-state index in [9.17, 15) is 0 Å². The highest BCUT2D eigenvalue weighted by molar-refractivity contribution is 7.98. The SMILES string of the molecule is CSCC(Cc1cccc(Cl)c1Cl)NN. The molecule has 1 atom stereocenters. The molecule has 0 spiro atoms. The van der Waals surface area contributed by atoms with Gasteiger partial charge in [0, 0.05) is 11.8 Å². The minimum Gasteiger partial charge on any atom is -0.271 e. The Kier molecular flexibility index (Phi) is 5.79. The fourth-order valence-electron chi connectivity index (χ4n) is 1.34. The Morgan fingerprint density at radius 1 is 1.47 bits per heavy atom. The van der Waals surface area contributed by atoms with E-state index in [0.717, 1.165) is 17.7 Å². The van der Waals surface area contributed by atoms with Crippen molar-refractivity contribution in [3.63, 3.8) is 0 Å². The van der Waals surface area contributed by atoms with Crippen molar-refractivity contribution in [3.8, 4) is 0 Å². The van der Waals surface area contributed by atoms with Crippen LogP contribution in [0.2, 0.25) is 10.0 Å². The van der Waals surface area contributed by atoms with E-state index in [1.807, 2.05) is 18.4 Å². The van der Waals surface area contributed by atoms with Gasteiger partial charge in [0.2, 0.25) is 0 Å². The van der Waals surface area contributed by atoms with Gasteiger partial charge in [0.25, 0.3) is 0 Å². The Morgan fingerprint density at radius 3 is 2.80 bits per heavy atom. The number of benzene rings is 1. The third-order valence-corrected chi connectivity index (χ3v) is 3.70. The van der Waals surface area contributed by atoms with Gasteiger partial charge in [-0.15, -0.1) is 0 Å². The molecule has 1 unspecified atom stereocenters. The molecule has 15 heavy (non-hydrogen) atoms. The Morgan fingerprint density at radius 2 is 2.20 bits per heavy atom. The standard InChI is InChI=1S/C10H14Cl2N2S/c1-15-6-8(14-13)5-7-3-2-4-9(11)10(7)12/h2-4,8,14H,5-6,13H2,1H3. The van der Waals surface area contributed by atoms with E-state index in [0.29, 0.717) is 10.0 Å². The molecule has 0 aliphatic carbocycles. The van der Waals surface area contributed by atoms with Gasteiger partial charge in [-0.25, -0.2) is 0 Å². The van der Waals surface area contributed by atoms with Crippen molar-refractivity contribution in [3.05, 3.63) is 33.8 Å². The van der Waals surface area contributed by atoms with Gasteiger partial charge in [0.1, 0.15) is 0 Å². The van der Waals surface area contributed by atoms with Crippen LogP contribution >= 0.6 is 35.0 Å². The van der Waals surface area contributed by atoms with E-state index in [1.165, 1.54) is 0 Å². The number of rotatable bonds is 5. The highest BCUT2D eigenvalue weighted by Crippen LogP contribution is 2.26. The van der Waals surface area contributed by atoms with Crippen molar-refractivity contribution in [2.24, 2.45) is 5.84 Å². The first kappa shape index (κ1) is 13.1. The smallest absolute Gasteiger partial charge is 0.0624 e. The van der Waals surface area contributed by atoms with E-state index in [4.69, 9.17) is 29.0 Å². The third kappa shape index (κ3) is 3.85. The molecule has 0 aromatic heterocycles. The summed E-state index contributed by atoms with van der Waals surface area (Å²) < 4.78 is 0. The molecule has 0 aliphatic heterocycles. The van der Waals surface area contributed by atoms with E-state index >= 15 is 0 Å². The summed E-state index contributed by atoms with van der Waals surface area (Å²) in [6.07, 6.45) is 2.83. The van der Waals surface area contributed by atoms with Gasteiger partial charge in [-0.2, -0.15) is 11.8 Å². The molecule has 84 valence electrons. The molecule has 1 rings (SSSR count). The second-order valence-electron chi connectivity index (χ2n) is 3.24. The van der Waals surface area contributed by atoms with Crippen LogP contribution in [-0.2, 0) is 6.42 Å². The number of thioether (sulfide) groups is 1. The summed E-state index contributed by atoms with van der Waals surface area (Å²) >= 11 is 13.8. The Labute approximate surface area is 104 Å². The Balaban J connectivity index is 2.74. The summed E-state index contributed by atoms with van der Waals surface area (Å²) in [5.74, 6) is 6.40. The molecule has 0 bridgehead atoms. The highest BCUT2D eigenvalue weighted by atomic mass is 35.5. The van der Waals surface area contributed by atoms with Crippen LogP contribution < -0.4 is 11.3 Å². The fourth-order valence-corrected chi connectivity index (χ4v) is 2.35.